The van der Waals surface area contributed by atoms with Gasteiger partial charge in [0.15, 0.2) is 0 Å². The van der Waals surface area contributed by atoms with E-state index in [2.05, 4.69) is 20.8 Å². The number of benzene rings is 1. The summed E-state index contributed by atoms with van der Waals surface area (Å²) < 4.78 is 0. The number of carbonyl (C=O) groups excluding carboxylic acids is 1. The van der Waals surface area contributed by atoms with Gasteiger partial charge >= 0.3 is 0 Å². The Morgan fingerprint density at radius 2 is 1.59 bits per heavy atom. The second-order valence-electron chi connectivity index (χ2n) is 7.72. The lowest BCUT2D eigenvalue weighted by Gasteiger charge is -2.27. The molecule has 0 saturated carbocycles. The molecule has 22 heavy (non-hydrogen) atoms. The second-order valence-corrected chi connectivity index (χ2v) is 8.67. The second kappa shape index (κ2) is 5.54. The van der Waals surface area contributed by atoms with Crippen LogP contribution in [0.15, 0.2) is 29.6 Å². The molecule has 0 amide bonds. The zero-order chi connectivity index (χ0) is 16.7. The van der Waals surface area contributed by atoms with Gasteiger partial charge in [0.2, 0.25) is 5.78 Å². The standard InChI is InChI=1S/C19H24O2S/c1-18(2,3)13-11-15(20)14(19(4,5)6)10-12(13)17(21)16-8-7-9-22-16/h7-11,20H,1-6H3. The van der Waals surface area contributed by atoms with Gasteiger partial charge in [-0.25, -0.2) is 0 Å². The predicted molar refractivity (Wildman–Crippen MR) is 93.3 cm³/mol. The van der Waals surface area contributed by atoms with Crippen molar-refractivity contribution in [3.63, 3.8) is 0 Å². The van der Waals surface area contributed by atoms with E-state index in [4.69, 9.17) is 0 Å². The van der Waals surface area contributed by atoms with E-state index < -0.39 is 0 Å². The minimum Gasteiger partial charge on any atom is -0.508 e. The fourth-order valence-corrected chi connectivity index (χ4v) is 3.22. The van der Waals surface area contributed by atoms with E-state index in [9.17, 15) is 9.90 Å². The molecule has 0 atom stereocenters. The molecule has 1 N–H and O–H groups in total. The zero-order valence-electron chi connectivity index (χ0n) is 14.2. The molecule has 0 saturated heterocycles. The number of thiophene rings is 1. The maximum atomic E-state index is 12.9. The van der Waals surface area contributed by atoms with Crippen molar-refractivity contribution in [2.24, 2.45) is 0 Å². The molecule has 1 aromatic carbocycles. The van der Waals surface area contributed by atoms with Crippen LogP contribution in [0.2, 0.25) is 0 Å². The van der Waals surface area contributed by atoms with Crippen LogP contribution in [-0.2, 0) is 10.8 Å². The van der Waals surface area contributed by atoms with Gasteiger partial charge in [0.1, 0.15) is 5.75 Å². The molecule has 1 heterocycles. The minimum absolute atomic E-state index is 0.0328. The average molecular weight is 316 g/mol. The van der Waals surface area contributed by atoms with Crippen molar-refractivity contribution in [1.29, 1.82) is 0 Å². The number of phenolic OH excluding ortho intramolecular Hbond substituents is 1. The highest BCUT2D eigenvalue weighted by atomic mass is 32.1. The third kappa shape index (κ3) is 3.25. The molecule has 0 radical (unpaired) electrons. The summed E-state index contributed by atoms with van der Waals surface area (Å²) in [6, 6.07) is 7.38. The highest BCUT2D eigenvalue weighted by Crippen LogP contribution is 2.38. The molecule has 1 aromatic heterocycles. The van der Waals surface area contributed by atoms with Crippen LogP contribution in [0.5, 0.6) is 5.75 Å². The topological polar surface area (TPSA) is 37.3 Å². The number of rotatable bonds is 2. The van der Waals surface area contributed by atoms with Crippen molar-refractivity contribution < 1.29 is 9.90 Å². The minimum atomic E-state index is -0.217. The third-order valence-corrected chi connectivity index (χ3v) is 4.61. The summed E-state index contributed by atoms with van der Waals surface area (Å²) >= 11 is 1.45. The molecular formula is C19H24O2S. The van der Waals surface area contributed by atoms with Crippen LogP contribution in [0.3, 0.4) is 0 Å². The molecule has 2 rings (SSSR count). The van der Waals surface area contributed by atoms with Gasteiger partial charge in [-0.05, 0) is 45.5 Å². The summed E-state index contributed by atoms with van der Waals surface area (Å²) in [6.07, 6.45) is 0. The molecule has 3 heteroatoms. The van der Waals surface area contributed by atoms with Crippen LogP contribution in [0.1, 0.15) is 67.9 Å². The summed E-state index contributed by atoms with van der Waals surface area (Å²) in [4.78, 5) is 13.6. The monoisotopic (exact) mass is 316 g/mol. The fraction of sp³-hybridized carbons (Fsp3) is 0.421. The van der Waals surface area contributed by atoms with Crippen molar-refractivity contribution in [2.45, 2.75) is 52.4 Å². The van der Waals surface area contributed by atoms with Crippen molar-refractivity contribution in [3.05, 3.63) is 51.2 Å². The first-order valence-electron chi connectivity index (χ1n) is 7.48. The van der Waals surface area contributed by atoms with E-state index in [0.717, 1.165) is 16.0 Å². The molecule has 0 spiro atoms. The Hall–Kier alpha value is -1.61. The average Bonchev–Trinajstić information content (AvgIpc) is 2.88. The van der Waals surface area contributed by atoms with E-state index in [1.165, 1.54) is 11.3 Å². The van der Waals surface area contributed by atoms with Crippen molar-refractivity contribution in [2.75, 3.05) is 0 Å². The highest BCUT2D eigenvalue weighted by molar-refractivity contribution is 7.12. The first-order chi connectivity index (χ1) is 10.0. The van der Waals surface area contributed by atoms with Gasteiger partial charge < -0.3 is 5.11 Å². The van der Waals surface area contributed by atoms with Gasteiger partial charge in [-0.2, -0.15) is 0 Å². The summed E-state index contributed by atoms with van der Waals surface area (Å²) in [6.45, 7) is 12.3. The van der Waals surface area contributed by atoms with Gasteiger partial charge in [-0.3, -0.25) is 4.79 Å². The first kappa shape index (κ1) is 16.8. The number of ketones is 1. The van der Waals surface area contributed by atoms with E-state index in [1.54, 1.807) is 6.07 Å². The first-order valence-corrected chi connectivity index (χ1v) is 8.36. The normalized spacial score (nSPS) is 12.5. The van der Waals surface area contributed by atoms with Crippen LogP contribution in [0, 0.1) is 0 Å². The predicted octanol–water partition coefficient (Wildman–Crippen LogP) is 5.28. The van der Waals surface area contributed by atoms with Crippen LogP contribution in [0.25, 0.3) is 0 Å². The Kier molecular flexibility index (Phi) is 4.22. The van der Waals surface area contributed by atoms with Gasteiger partial charge in [0.25, 0.3) is 0 Å². The Labute approximate surface area is 136 Å². The molecular weight excluding hydrogens is 292 g/mol. The summed E-state index contributed by atoms with van der Waals surface area (Å²) in [5, 5.41) is 12.3. The highest BCUT2D eigenvalue weighted by Gasteiger charge is 2.28. The smallest absolute Gasteiger partial charge is 0.203 e. The lowest BCUT2D eigenvalue weighted by molar-refractivity contribution is 0.104. The largest absolute Gasteiger partial charge is 0.508 e. The molecule has 0 bridgehead atoms. The summed E-state index contributed by atoms with van der Waals surface area (Å²) in [5.74, 6) is 0.297. The van der Waals surface area contributed by atoms with E-state index in [1.807, 2.05) is 44.4 Å². The van der Waals surface area contributed by atoms with Gasteiger partial charge in [0.05, 0.1) is 4.88 Å². The van der Waals surface area contributed by atoms with E-state index in [-0.39, 0.29) is 22.4 Å². The van der Waals surface area contributed by atoms with E-state index in [0.29, 0.717) is 5.56 Å². The summed E-state index contributed by atoms with van der Waals surface area (Å²) in [5.41, 5.74) is 1.95. The quantitative estimate of drug-likeness (QED) is 0.765. The maximum Gasteiger partial charge on any atom is 0.203 e. The number of hydrogen-bond acceptors (Lipinski definition) is 3. The van der Waals surface area contributed by atoms with Gasteiger partial charge in [0, 0.05) is 5.56 Å². The van der Waals surface area contributed by atoms with Crippen LogP contribution in [-0.4, -0.2) is 10.9 Å². The lowest BCUT2D eigenvalue weighted by Crippen LogP contribution is -2.20. The van der Waals surface area contributed by atoms with Gasteiger partial charge in [-0.15, -0.1) is 11.3 Å². The molecule has 0 fully saturated rings. The van der Waals surface area contributed by atoms with Crippen LogP contribution in [0.4, 0.5) is 0 Å². The van der Waals surface area contributed by atoms with Crippen LogP contribution >= 0.6 is 11.3 Å². The number of hydrogen-bond donors (Lipinski definition) is 1. The Bertz CT molecular complexity index is 683. The third-order valence-electron chi connectivity index (χ3n) is 3.74. The molecule has 0 unspecified atom stereocenters. The van der Waals surface area contributed by atoms with Crippen molar-refractivity contribution in [3.8, 4) is 5.75 Å². The molecule has 118 valence electrons. The zero-order valence-corrected chi connectivity index (χ0v) is 15.0. The summed E-state index contributed by atoms with van der Waals surface area (Å²) in [7, 11) is 0. The van der Waals surface area contributed by atoms with E-state index >= 15 is 0 Å². The van der Waals surface area contributed by atoms with Gasteiger partial charge in [-0.1, -0.05) is 47.6 Å². The van der Waals surface area contributed by atoms with Crippen LogP contribution < -0.4 is 0 Å². The lowest BCUT2D eigenvalue weighted by atomic mass is 9.78. The fourth-order valence-electron chi connectivity index (χ4n) is 2.54. The Morgan fingerprint density at radius 3 is 2.05 bits per heavy atom. The Balaban J connectivity index is 2.71. The SMILES string of the molecule is CC(C)(C)c1cc(C(=O)c2cccs2)c(C(C)(C)C)cc1O. The molecule has 0 aliphatic carbocycles. The van der Waals surface area contributed by atoms with Crippen molar-refractivity contribution >= 4 is 17.1 Å². The Morgan fingerprint density at radius 1 is 1.00 bits per heavy atom. The number of carbonyl (C=O) groups is 1. The maximum absolute atomic E-state index is 12.9. The molecule has 0 aliphatic heterocycles. The van der Waals surface area contributed by atoms with Crippen molar-refractivity contribution in [1.82, 2.24) is 0 Å². The molecule has 2 aromatic rings. The molecule has 0 aliphatic rings. The number of aromatic hydroxyl groups is 1. The number of phenols is 1. The molecule has 2 nitrogen and oxygen atoms in total.